The van der Waals surface area contributed by atoms with Crippen molar-refractivity contribution in [2.75, 3.05) is 7.11 Å². The van der Waals surface area contributed by atoms with Crippen LogP contribution in [0.4, 0.5) is 0 Å². The van der Waals surface area contributed by atoms with Gasteiger partial charge in [-0.05, 0) is 31.1 Å². The average Bonchev–Trinajstić information content (AvgIpc) is 2.62. The minimum Gasteiger partial charge on any atom is -0.465 e. The predicted octanol–water partition coefficient (Wildman–Crippen LogP) is 1.52. The lowest BCUT2D eigenvalue weighted by Gasteiger charge is -1.96. The van der Waals surface area contributed by atoms with Crippen molar-refractivity contribution in [1.82, 2.24) is 4.98 Å². The first-order valence-electron chi connectivity index (χ1n) is 4.89. The van der Waals surface area contributed by atoms with Crippen LogP contribution in [0.5, 0.6) is 0 Å². The van der Waals surface area contributed by atoms with Crippen molar-refractivity contribution in [2.24, 2.45) is 0 Å². The predicted molar refractivity (Wildman–Crippen MR) is 61.3 cm³/mol. The smallest absolute Gasteiger partial charge is 0.348 e. The van der Waals surface area contributed by atoms with Gasteiger partial charge in [0.05, 0.1) is 12.8 Å². The van der Waals surface area contributed by atoms with E-state index in [1.54, 1.807) is 19.9 Å². The fourth-order valence-corrected chi connectivity index (χ4v) is 1.39. The highest BCUT2D eigenvalue weighted by atomic mass is 16.5. The van der Waals surface area contributed by atoms with Gasteiger partial charge in [-0.3, -0.25) is 4.79 Å². The van der Waals surface area contributed by atoms with Crippen LogP contribution in [0.15, 0.2) is 5.57 Å². The van der Waals surface area contributed by atoms with Crippen LogP contribution in [-0.4, -0.2) is 24.3 Å². The molecule has 1 N–H and O–H groups in total. The maximum atomic E-state index is 11.2. The van der Waals surface area contributed by atoms with Gasteiger partial charge in [-0.25, -0.2) is 4.79 Å². The van der Waals surface area contributed by atoms with Gasteiger partial charge in [-0.1, -0.05) is 0 Å². The van der Waals surface area contributed by atoms with Gasteiger partial charge in [0.15, 0.2) is 6.29 Å². The standard InChI is InChI=1S/C12H12N2O3/c1-7-8(2)11(6-15)14-10(7)4-9(5-13)12(16)17-3/h4,6,14H,1-3H3/b9-4+. The number of aromatic nitrogens is 1. The van der Waals surface area contributed by atoms with E-state index in [-0.39, 0.29) is 5.57 Å². The molecule has 1 heterocycles. The highest BCUT2D eigenvalue weighted by molar-refractivity contribution is 5.98. The lowest BCUT2D eigenvalue weighted by molar-refractivity contribution is -0.135. The lowest BCUT2D eigenvalue weighted by Crippen LogP contribution is -2.02. The summed E-state index contributed by atoms with van der Waals surface area (Å²) >= 11 is 0. The quantitative estimate of drug-likeness (QED) is 0.370. The molecule has 0 bridgehead atoms. The van der Waals surface area contributed by atoms with Crippen LogP contribution >= 0.6 is 0 Å². The molecule has 0 saturated carbocycles. The number of nitrogens with zero attached hydrogens (tertiary/aromatic N) is 1. The third-order valence-corrected chi connectivity index (χ3v) is 2.57. The first-order valence-corrected chi connectivity index (χ1v) is 4.89. The van der Waals surface area contributed by atoms with Gasteiger partial charge in [0.25, 0.3) is 0 Å². The Kier molecular flexibility index (Phi) is 3.83. The maximum absolute atomic E-state index is 11.2. The van der Waals surface area contributed by atoms with Gasteiger partial charge in [0.2, 0.25) is 0 Å². The summed E-state index contributed by atoms with van der Waals surface area (Å²) < 4.78 is 4.47. The van der Waals surface area contributed by atoms with Crippen LogP contribution in [0.2, 0.25) is 0 Å². The van der Waals surface area contributed by atoms with Crippen LogP contribution in [0.1, 0.15) is 27.3 Å². The van der Waals surface area contributed by atoms with E-state index in [0.717, 1.165) is 11.1 Å². The zero-order chi connectivity index (χ0) is 13.0. The molecule has 1 rings (SSSR count). The number of hydrogen-bond donors (Lipinski definition) is 1. The van der Waals surface area contributed by atoms with E-state index in [1.165, 1.54) is 13.2 Å². The molecule has 0 aliphatic carbocycles. The van der Waals surface area contributed by atoms with E-state index >= 15 is 0 Å². The Hall–Kier alpha value is -2.35. The van der Waals surface area contributed by atoms with Crippen molar-refractivity contribution in [1.29, 1.82) is 5.26 Å². The van der Waals surface area contributed by atoms with Crippen LogP contribution < -0.4 is 0 Å². The number of rotatable bonds is 3. The third-order valence-electron chi connectivity index (χ3n) is 2.57. The summed E-state index contributed by atoms with van der Waals surface area (Å²) in [5.41, 5.74) is 2.51. The molecule has 0 fully saturated rings. The molecule has 0 aliphatic heterocycles. The number of esters is 1. The largest absolute Gasteiger partial charge is 0.465 e. The van der Waals surface area contributed by atoms with Crippen LogP contribution in [-0.2, 0) is 9.53 Å². The Morgan fingerprint density at radius 3 is 2.35 bits per heavy atom. The molecule has 1 aromatic heterocycles. The van der Waals surface area contributed by atoms with Crippen LogP contribution in [0, 0.1) is 25.2 Å². The molecule has 0 amide bonds. The minimum atomic E-state index is -0.702. The topological polar surface area (TPSA) is 82.9 Å². The van der Waals surface area contributed by atoms with Crippen molar-refractivity contribution in [2.45, 2.75) is 13.8 Å². The van der Waals surface area contributed by atoms with Crippen molar-refractivity contribution in [3.8, 4) is 6.07 Å². The second-order valence-electron chi connectivity index (χ2n) is 3.48. The Labute approximate surface area is 98.7 Å². The van der Waals surface area contributed by atoms with Crippen LogP contribution in [0.25, 0.3) is 6.08 Å². The Morgan fingerprint density at radius 1 is 1.35 bits per heavy atom. The summed E-state index contributed by atoms with van der Waals surface area (Å²) in [5.74, 6) is -0.702. The normalized spacial score (nSPS) is 10.8. The van der Waals surface area contributed by atoms with Crippen LogP contribution in [0.3, 0.4) is 0 Å². The van der Waals surface area contributed by atoms with E-state index in [4.69, 9.17) is 5.26 Å². The number of hydrogen-bond acceptors (Lipinski definition) is 4. The molecule has 0 atom stereocenters. The molecule has 5 nitrogen and oxygen atoms in total. The zero-order valence-corrected chi connectivity index (χ0v) is 9.83. The zero-order valence-electron chi connectivity index (χ0n) is 9.83. The van der Waals surface area contributed by atoms with Crippen molar-refractivity contribution >= 4 is 18.3 Å². The molecule has 0 spiro atoms. The highest BCUT2D eigenvalue weighted by Crippen LogP contribution is 2.18. The molecular formula is C12H12N2O3. The number of H-pyrrole nitrogens is 1. The van der Waals surface area contributed by atoms with E-state index in [1.807, 2.05) is 0 Å². The van der Waals surface area contributed by atoms with Gasteiger partial charge < -0.3 is 9.72 Å². The summed E-state index contributed by atoms with van der Waals surface area (Å²) in [6.45, 7) is 3.59. The summed E-state index contributed by atoms with van der Waals surface area (Å²) in [7, 11) is 1.21. The van der Waals surface area contributed by atoms with E-state index in [2.05, 4.69) is 9.72 Å². The molecular weight excluding hydrogens is 220 g/mol. The Morgan fingerprint density at radius 2 is 1.94 bits per heavy atom. The number of nitriles is 1. The SMILES string of the molecule is COC(=O)/C(C#N)=C/c1[nH]c(C=O)c(C)c1C. The van der Waals surface area contributed by atoms with E-state index in [0.29, 0.717) is 17.7 Å². The van der Waals surface area contributed by atoms with E-state index < -0.39 is 5.97 Å². The average molecular weight is 232 g/mol. The number of carbonyl (C=O) groups excluding carboxylic acids is 2. The molecule has 0 aromatic carbocycles. The first kappa shape index (κ1) is 12.7. The molecule has 0 radical (unpaired) electrons. The van der Waals surface area contributed by atoms with Gasteiger partial charge in [-0.2, -0.15) is 5.26 Å². The molecule has 0 saturated heterocycles. The minimum absolute atomic E-state index is 0.116. The summed E-state index contributed by atoms with van der Waals surface area (Å²) in [4.78, 5) is 24.8. The van der Waals surface area contributed by atoms with E-state index in [9.17, 15) is 9.59 Å². The fraction of sp³-hybridized carbons (Fsp3) is 0.250. The fourth-order valence-electron chi connectivity index (χ4n) is 1.39. The summed E-state index contributed by atoms with van der Waals surface area (Å²) in [6.07, 6.45) is 2.07. The second-order valence-corrected chi connectivity index (χ2v) is 3.48. The Bertz CT molecular complexity index is 533. The highest BCUT2D eigenvalue weighted by Gasteiger charge is 2.13. The summed E-state index contributed by atoms with van der Waals surface area (Å²) in [5, 5.41) is 8.81. The number of aromatic amines is 1. The third kappa shape index (κ3) is 2.42. The maximum Gasteiger partial charge on any atom is 0.348 e. The molecule has 5 heteroatoms. The van der Waals surface area contributed by atoms with Gasteiger partial charge in [0, 0.05) is 5.69 Å². The van der Waals surface area contributed by atoms with Crippen molar-refractivity contribution < 1.29 is 14.3 Å². The molecule has 17 heavy (non-hydrogen) atoms. The van der Waals surface area contributed by atoms with Crippen molar-refractivity contribution in [3.63, 3.8) is 0 Å². The van der Waals surface area contributed by atoms with Gasteiger partial charge in [0.1, 0.15) is 11.6 Å². The number of ether oxygens (including phenoxy) is 1. The second kappa shape index (κ2) is 5.12. The molecule has 0 aliphatic rings. The Balaban J connectivity index is 3.27. The van der Waals surface area contributed by atoms with Gasteiger partial charge in [-0.15, -0.1) is 0 Å². The summed E-state index contributed by atoms with van der Waals surface area (Å²) in [6, 6.07) is 1.75. The van der Waals surface area contributed by atoms with Crippen molar-refractivity contribution in [3.05, 3.63) is 28.1 Å². The lowest BCUT2D eigenvalue weighted by atomic mass is 10.1. The number of carbonyl (C=O) groups is 2. The molecule has 88 valence electrons. The monoisotopic (exact) mass is 232 g/mol. The molecule has 0 unspecified atom stereocenters. The number of aldehydes is 1. The first-order chi connectivity index (χ1) is 8.04. The number of methoxy groups -OCH3 is 1. The van der Waals surface area contributed by atoms with Gasteiger partial charge >= 0.3 is 5.97 Å². The molecule has 1 aromatic rings. The number of nitrogens with one attached hydrogen (secondary N) is 1.